The Morgan fingerprint density at radius 1 is 1.32 bits per heavy atom. The number of nitrogens with zero attached hydrogens (tertiary/aromatic N) is 2. The Balaban J connectivity index is 1.63. The van der Waals surface area contributed by atoms with Crippen LogP contribution in [0.5, 0.6) is 0 Å². The van der Waals surface area contributed by atoms with Crippen LogP contribution >= 0.6 is 0 Å². The maximum absolute atomic E-state index is 14.5. The van der Waals surface area contributed by atoms with Gasteiger partial charge in [-0.15, -0.1) is 0 Å². The highest BCUT2D eigenvalue weighted by atomic mass is 19.1. The smallest absolute Gasteiger partial charge is 0.242 e. The molecule has 146 valence electrons. The predicted octanol–water partition coefficient (Wildman–Crippen LogP) is 3.51. The lowest BCUT2D eigenvalue weighted by Crippen LogP contribution is -2.47. The summed E-state index contributed by atoms with van der Waals surface area (Å²) in [6.45, 7) is 2.55. The maximum Gasteiger partial charge on any atom is 0.242 e. The number of carbonyl (C=O) groups excluding carboxylic acids is 2. The average molecular weight is 381 g/mol. The number of ketones is 1. The third kappa shape index (κ3) is 3.11. The first-order valence-corrected chi connectivity index (χ1v) is 9.76. The van der Waals surface area contributed by atoms with Gasteiger partial charge in [-0.05, 0) is 55.2 Å². The number of likely N-dealkylation sites (N-methyl/N-ethyl adjacent to an activating group) is 1. The number of Topliss-reactive ketones (excluding diaryl/α,β-unsaturated/α-hetero) is 1. The number of nitrogens with one attached hydrogen (secondary N) is 1. The number of pyridine rings is 1. The van der Waals surface area contributed by atoms with Crippen LogP contribution in [-0.4, -0.2) is 40.7 Å². The molecule has 6 heteroatoms. The lowest BCUT2D eigenvalue weighted by atomic mass is 9.96. The Morgan fingerprint density at radius 3 is 2.86 bits per heavy atom. The fraction of sp³-hybridized carbons (Fsp3) is 0.409. The second-order valence-electron chi connectivity index (χ2n) is 7.74. The Kier molecular flexibility index (Phi) is 4.75. The van der Waals surface area contributed by atoms with Crippen molar-refractivity contribution in [2.45, 2.75) is 44.2 Å². The van der Waals surface area contributed by atoms with Gasteiger partial charge >= 0.3 is 0 Å². The summed E-state index contributed by atoms with van der Waals surface area (Å²) in [5.41, 5.74) is 1.90. The van der Waals surface area contributed by atoms with Gasteiger partial charge in [0, 0.05) is 37.3 Å². The largest absolute Gasteiger partial charge is 0.344 e. The number of likely N-dealkylation sites (tertiary alicyclic amines) is 1. The summed E-state index contributed by atoms with van der Waals surface area (Å²) in [7, 11) is 1.83. The van der Waals surface area contributed by atoms with Crippen molar-refractivity contribution in [3.8, 4) is 11.1 Å². The molecule has 2 aliphatic heterocycles. The van der Waals surface area contributed by atoms with Gasteiger partial charge in [-0.1, -0.05) is 6.92 Å². The van der Waals surface area contributed by atoms with E-state index in [4.69, 9.17) is 0 Å². The predicted molar refractivity (Wildman–Crippen MR) is 104 cm³/mol. The molecular formula is C22H24FN3O2. The second kappa shape index (κ2) is 7.09. The van der Waals surface area contributed by atoms with Crippen LogP contribution < -0.4 is 5.32 Å². The van der Waals surface area contributed by atoms with Crippen molar-refractivity contribution in [3.63, 3.8) is 0 Å². The Labute approximate surface area is 164 Å². The molecule has 1 N–H and O–H groups in total. The lowest BCUT2D eigenvalue weighted by Gasteiger charge is -2.23. The molecule has 2 fully saturated rings. The van der Waals surface area contributed by atoms with Gasteiger partial charge in [0.2, 0.25) is 5.91 Å². The van der Waals surface area contributed by atoms with E-state index in [9.17, 15) is 14.0 Å². The van der Waals surface area contributed by atoms with Crippen LogP contribution in [0, 0.1) is 5.82 Å². The third-order valence-corrected chi connectivity index (χ3v) is 6.00. The van der Waals surface area contributed by atoms with E-state index in [1.54, 1.807) is 30.2 Å². The van der Waals surface area contributed by atoms with Crippen molar-refractivity contribution in [2.75, 3.05) is 13.6 Å². The molecule has 28 heavy (non-hydrogen) atoms. The summed E-state index contributed by atoms with van der Waals surface area (Å²) >= 11 is 0. The number of hydrogen-bond acceptors (Lipinski definition) is 4. The van der Waals surface area contributed by atoms with E-state index in [-0.39, 0.29) is 23.5 Å². The summed E-state index contributed by atoms with van der Waals surface area (Å²) in [5, 5.41) is 3.49. The van der Waals surface area contributed by atoms with Gasteiger partial charge in [0.1, 0.15) is 11.4 Å². The standard InChI is InChI=1S/C22H24FN3O2/c1-3-20(27)15-4-5-17(23)16(12-15)14-7-10-24-19(13-14)18-6-8-22(25-18)9-11-26(2)21(22)28/h4-5,7,10,12-13,18,25H,3,6,8-9,11H2,1-2H3/t18-,22+/m1/s1. The van der Waals surface area contributed by atoms with Crippen LogP contribution in [0.1, 0.15) is 54.7 Å². The molecule has 1 spiro atoms. The fourth-order valence-corrected chi connectivity index (χ4v) is 4.32. The monoisotopic (exact) mass is 381 g/mol. The molecule has 2 aliphatic rings. The zero-order valence-corrected chi connectivity index (χ0v) is 16.2. The van der Waals surface area contributed by atoms with E-state index in [2.05, 4.69) is 10.3 Å². The molecule has 3 heterocycles. The van der Waals surface area contributed by atoms with Gasteiger partial charge in [-0.3, -0.25) is 19.9 Å². The van der Waals surface area contributed by atoms with Crippen molar-refractivity contribution >= 4 is 11.7 Å². The van der Waals surface area contributed by atoms with Crippen LogP contribution in [0.3, 0.4) is 0 Å². The van der Waals surface area contributed by atoms with Crippen molar-refractivity contribution < 1.29 is 14.0 Å². The molecule has 0 radical (unpaired) electrons. The molecule has 2 saturated heterocycles. The van der Waals surface area contributed by atoms with Gasteiger partial charge in [0.05, 0.1) is 11.7 Å². The Bertz CT molecular complexity index is 945. The van der Waals surface area contributed by atoms with Gasteiger partial charge in [-0.2, -0.15) is 0 Å². The van der Waals surface area contributed by atoms with Crippen LogP contribution in [0.2, 0.25) is 0 Å². The number of aromatic nitrogens is 1. The van der Waals surface area contributed by atoms with Crippen LogP contribution in [-0.2, 0) is 4.79 Å². The number of halogens is 1. The van der Waals surface area contributed by atoms with Crippen LogP contribution in [0.15, 0.2) is 36.5 Å². The maximum atomic E-state index is 14.5. The minimum atomic E-state index is -0.490. The van der Waals surface area contributed by atoms with Gasteiger partial charge in [-0.25, -0.2) is 4.39 Å². The normalized spacial score (nSPS) is 24.3. The topological polar surface area (TPSA) is 62.3 Å². The Hall–Kier alpha value is -2.60. The Morgan fingerprint density at radius 2 is 2.14 bits per heavy atom. The molecule has 0 unspecified atom stereocenters. The van der Waals surface area contributed by atoms with E-state index in [0.717, 1.165) is 31.5 Å². The van der Waals surface area contributed by atoms with E-state index < -0.39 is 5.54 Å². The highest BCUT2D eigenvalue weighted by Crippen LogP contribution is 2.39. The van der Waals surface area contributed by atoms with Crippen molar-refractivity contribution in [2.24, 2.45) is 0 Å². The molecule has 0 aliphatic carbocycles. The molecule has 1 amide bonds. The van der Waals surface area contributed by atoms with Gasteiger partial charge in [0.25, 0.3) is 0 Å². The zero-order valence-electron chi connectivity index (χ0n) is 16.2. The molecule has 1 aromatic carbocycles. The summed E-state index contributed by atoms with van der Waals surface area (Å²) in [6, 6.07) is 8.05. The van der Waals surface area contributed by atoms with E-state index in [0.29, 0.717) is 23.1 Å². The van der Waals surface area contributed by atoms with Gasteiger partial charge < -0.3 is 4.90 Å². The lowest BCUT2D eigenvalue weighted by molar-refractivity contribution is -0.131. The number of amides is 1. The van der Waals surface area contributed by atoms with Crippen molar-refractivity contribution in [1.29, 1.82) is 0 Å². The molecule has 5 nitrogen and oxygen atoms in total. The number of benzene rings is 1. The molecule has 0 saturated carbocycles. The number of hydrogen-bond donors (Lipinski definition) is 1. The van der Waals surface area contributed by atoms with E-state index in [1.807, 2.05) is 13.1 Å². The highest BCUT2D eigenvalue weighted by molar-refractivity contribution is 5.97. The summed E-state index contributed by atoms with van der Waals surface area (Å²) in [5.74, 6) is -0.241. The molecular weight excluding hydrogens is 357 g/mol. The van der Waals surface area contributed by atoms with Gasteiger partial charge in [0.15, 0.2) is 5.78 Å². The van der Waals surface area contributed by atoms with E-state index in [1.165, 1.54) is 12.1 Å². The zero-order chi connectivity index (χ0) is 19.9. The summed E-state index contributed by atoms with van der Waals surface area (Å²) < 4.78 is 14.5. The minimum absolute atomic E-state index is 0.0150. The molecule has 2 aromatic rings. The summed E-state index contributed by atoms with van der Waals surface area (Å²) in [4.78, 5) is 30.8. The molecule has 0 bridgehead atoms. The van der Waals surface area contributed by atoms with E-state index >= 15 is 0 Å². The first-order valence-electron chi connectivity index (χ1n) is 9.76. The fourth-order valence-electron chi connectivity index (χ4n) is 4.32. The minimum Gasteiger partial charge on any atom is -0.344 e. The molecule has 1 aromatic heterocycles. The highest BCUT2D eigenvalue weighted by Gasteiger charge is 2.50. The molecule has 4 rings (SSSR count). The van der Waals surface area contributed by atoms with Crippen LogP contribution in [0.25, 0.3) is 11.1 Å². The third-order valence-electron chi connectivity index (χ3n) is 6.00. The second-order valence-corrected chi connectivity index (χ2v) is 7.74. The van der Waals surface area contributed by atoms with Crippen LogP contribution in [0.4, 0.5) is 4.39 Å². The average Bonchev–Trinajstić information content (AvgIpc) is 3.28. The number of rotatable bonds is 4. The first kappa shape index (κ1) is 18.7. The first-order chi connectivity index (χ1) is 13.4. The molecule has 2 atom stereocenters. The van der Waals surface area contributed by atoms with Crippen molar-refractivity contribution in [3.05, 3.63) is 53.6 Å². The van der Waals surface area contributed by atoms with Crippen molar-refractivity contribution in [1.82, 2.24) is 15.2 Å². The summed E-state index contributed by atoms with van der Waals surface area (Å²) in [6.07, 6.45) is 4.43. The SMILES string of the molecule is CCC(=O)c1ccc(F)c(-c2ccnc([C@H]3CC[C@@]4(CCN(C)C4=O)N3)c2)c1. The quantitative estimate of drug-likeness (QED) is 0.824. The number of carbonyl (C=O) groups is 2.